The number of hydrogen-bond donors (Lipinski definition) is 1. The van der Waals surface area contributed by atoms with Gasteiger partial charge < -0.3 is 4.57 Å². The summed E-state index contributed by atoms with van der Waals surface area (Å²) in [6, 6.07) is 7.33. The van der Waals surface area contributed by atoms with Crippen LogP contribution in [0.15, 0.2) is 41.6 Å². The van der Waals surface area contributed by atoms with E-state index in [0.717, 1.165) is 10.8 Å². The standard InChI is InChI=1S/C13H15F2N3O2S/c1-2-11-17-12(21(16,19)20)8-18(11)9-13(14,15)10-6-4-3-5-7-10/h3-8H,2,9H2,1H3,(H2,16,19,20). The van der Waals surface area contributed by atoms with E-state index < -0.39 is 27.5 Å². The minimum absolute atomic E-state index is 0.141. The van der Waals surface area contributed by atoms with Gasteiger partial charge in [-0.15, -0.1) is 0 Å². The lowest BCUT2D eigenvalue weighted by molar-refractivity contribution is -0.0229. The molecule has 0 atom stereocenters. The van der Waals surface area contributed by atoms with Crippen LogP contribution in [0.4, 0.5) is 8.78 Å². The number of primary sulfonamides is 1. The SMILES string of the molecule is CCc1nc(S(N)(=O)=O)cn1CC(F)(F)c1ccccc1. The molecule has 114 valence electrons. The van der Waals surface area contributed by atoms with Crippen LogP contribution in [0.5, 0.6) is 0 Å². The van der Waals surface area contributed by atoms with Crippen molar-refractivity contribution in [2.45, 2.75) is 30.8 Å². The summed E-state index contributed by atoms with van der Waals surface area (Å²) in [5, 5.41) is 4.58. The fraction of sp³-hybridized carbons (Fsp3) is 0.308. The molecule has 0 bridgehead atoms. The summed E-state index contributed by atoms with van der Waals surface area (Å²) in [7, 11) is -4.01. The first-order valence-electron chi connectivity index (χ1n) is 6.26. The molecule has 0 saturated heterocycles. The Bertz CT molecular complexity index is 727. The first-order valence-corrected chi connectivity index (χ1v) is 7.81. The summed E-state index contributed by atoms with van der Waals surface area (Å²) in [6.07, 6.45) is 1.37. The summed E-state index contributed by atoms with van der Waals surface area (Å²) < 4.78 is 52.1. The van der Waals surface area contributed by atoms with Gasteiger partial charge in [-0.1, -0.05) is 37.3 Å². The molecule has 0 radical (unpaired) electrons. The van der Waals surface area contributed by atoms with Crippen LogP contribution in [-0.4, -0.2) is 18.0 Å². The molecule has 0 aliphatic carbocycles. The van der Waals surface area contributed by atoms with Gasteiger partial charge in [0, 0.05) is 18.2 Å². The molecule has 1 aromatic heterocycles. The normalized spacial score (nSPS) is 12.6. The lowest BCUT2D eigenvalue weighted by Crippen LogP contribution is -2.22. The van der Waals surface area contributed by atoms with Gasteiger partial charge in [0.1, 0.15) is 5.82 Å². The Kier molecular flexibility index (Phi) is 4.11. The molecular weight excluding hydrogens is 300 g/mol. The maximum Gasteiger partial charge on any atom is 0.290 e. The number of imidazole rings is 1. The molecule has 2 rings (SSSR count). The number of alkyl halides is 2. The third kappa shape index (κ3) is 3.45. The molecule has 0 amide bonds. The maximum absolute atomic E-state index is 14.2. The molecule has 0 unspecified atom stereocenters. The molecule has 0 aliphatic heterocycles. The van der Waals surface area contributed by atoms with E-state index in [1.807, 2.05) is 0 Å². The van der Waals surface area contributed by atoms with Crippen LogP contribution in [0.2, 0.25) is 0 Å². The van der Waals surface area contributed by atoms with Gasteiger partial charge in [0.05, 0.1) is 6.54 Å². The van der Waals surface area contributed by atoms with E-state index in [4.69, 9.17) is 5.14 Å². The Labute approximate surface area is 121 Å². The second-order valence-corrected chi connectivity index (χ2v) is 6.10. The number of sulfonamides is 1. The van der Waals surface area contributed by atoms with Crippen molar-refractivity contribution in [3.8, 4) is 0 Å². The average molecular weight is 315 g/mol. The summed E-state index contributed by atoms with van der Waals surface area (Å²) in [6.45, 7) is 1.01. The number of rotatable bonds is 5. The number of aryl methyl sites for hydroxylation is 1. The van der Waals surface area contributed by atoms with Crippen LogP contribution in [0.3, 0.4) is 0 Å². The monoisotopic (exact) mass is 315 g/mol. The summed E-state index contributed by atoms with van der Waals surface area (Å²) in [5.41, 5.74) is -0.141. The topological polar surface area (TPSA) is 78.0 Å². The lowest BCUT2D eigenvalue weighted by atomic mass is 10.1. The zero-order valence-electron chi connectivity index (χ0n) is 11.3. The summed E-state index contributed by atoms with van der Waals surface area (Å²) >= 11 is 0. The predicted molar refractivity (Wildman–Crippen MR) is 73.3 cm³/mol. The zero-order valence-corrected chi connectivity index (χ0v) is 12.1. The first-order chi connectivity index (χ1) is 9.74. The fourth-order valence-electron chi connectivity index (χ4n) is 1.97. The molecule has 5 nitrogen and oxygen atoms in total. The Morgan fingerprint density at radius 2 is 1.90 bits per heavy atom. The second kappa shape index (κ2) is 5.53. The highest BCUT2D eigenvalue weighted by molar-refractivity contribution is 7.89. The van der Waals surface area contributed by atoms with Gasteiger partial charge in [-0.05, 0) is 0 Å². The van der Waals surface area contributed by atoms with E-state index in [0.29, 0.717) is 6.42 Å². The number of nitrogens with two attached hydrogens (primary N) is 1. The van der Waals surface area contributed by atoms with Gasteiger partial charge in [0.15, 0.2) is 5.03 Å². The van der Waals surface area contributed by atoms with Crippen LogP contribution in [0.1, 0.15) is 18.3 Å². The van der Waals surface area contributed by atoms with Crippen molar-refractivity contribution in [3.05, 3.63) is 47.9 Å². The number of nitrogens with zero attached hydrogens (tertiary/aromatic N) is 2. The Hall–Kier alpha value is -1.80. The zero-order chi connectivity index (χ0) is 15.7. The molecular formula is C13H15F2N3O2S. The van der Waals surface area contributed by atoms with Crippen molar-refractivity contribution in [3.63, 3.8) is 0 Å². The Balaban J connectivity index is 2.37. The molecule has 0 fully saturated rings. The number of benzene rings is 1. The summed E-state index contributed by atoms with van der Waals surface area (Å²) in [4.78, 5) is 3.79. The summed E-state index contributed by atoms with van der Waals surface area (Å²) in [5.74, 6) is -2.89. The van der Waals surface area contributed by atoms with Crippen LogP contribution in [-0.2, 0) is 28.9 Å². The highest BCUT2D eigenvalue weighted by atomic mass is 32.2. The van der Waals surface area contributed by atoms with Crippen molar-refractivity contribution in [2.24, 2.45) is 5.14 Å². The third-order valence-corrected chi connectivity index (χ3v) is 3.79. The highest BCUT2D eigenvalue weighted by Crippen LogP contribution is 2.30. The van der Waals surface area contributed by atoms with Crippen LogP contribution in [0.25, 0.3) is 0 Å². The van der Waals surface area contributed by atoms with E-state index >= 15 is 0 Å². The van der Waals surface area contributed by atoms with Gasteiger partial charge in [0.2, 0.25) is 0 Å². The molecule has 0 saturated carbocycles. The minimum atomic E-state index is -4.01. The van der Waals surface area contributed by atoms with Crippen molar-refractivity contribution in [1.82, 2.24) is 9.55 Å². The van der Waals surface area contributed by atoms with Gasteiger partial charge in [-0.2, -0.15) is 8.78 Å². The molecule has 1 heterocycles. The van der Waals surface area contributed by atoms with E-state index in [2.05, 4.69) is 4.98 Å². The molecule has 0 spiro atoms. The minimum Gasteiger partial charge on any atom is -0.327 e. The maximum atomic E-state index is 14.2. The number of halogens is 2. The van der Waals surface area contributed by atoms with E-state index in [1.54, 1.807) is 13.0 Å². The predicted octanol–water partition coefficient (Wildman–Crippen LogP) is 1.88. The van der Waals surface area contributed by atoms with Gasteiger partial charge in [-0.25, -0.2) is 18.5 Å². The number of aromatic nitrogens is 2. The van der Waals surface area contributed by atoms with Gasteiger partial charge in [-0.3, -0.25) is 0 Å². The number of hydrogen-bond acceptors (Lipinski definition) is 3. The Morgan fingerprint density at radius 3 is 2.43 bits per heavy atom. The molecule has 8 heteroatoms. The average Bonchev–Trinajstić information content (AvgIpc) is 2.82. The van der Waals surface area contributed by atoms with E-state index in [-0.39, 0.29) is 11.4 Å². The quantitative estimate of drug-likeness (QED) is 0.915. The second-order valence-electron chi connectivity index (χ2n) is 4.59. The van der Waals surface area contributed by atoms with Gasteiger partial charge in [0.25, 0.3) is 15.9 Å². The first kappa shape index (κ1) is 15.6. The Morgan fingerprint density at radius 1 is 1.29 bits per heavy atom. The smallest absolute Gasteiger partial charge is 0.290 e. The van der Waals surface area contributed by atoms with Crippen molar-refractivity contribution in [2.75, 3.05) is 0 Å². The molecule has 1 aromatic carbocycles. The van der Waals surface area contributed by atoms with Crippen molar-refractivity contribution in [1.29, 1.82) is 0 Å². The van der Waals surface area contributed by atoms with E-state index in [1.165, 1.54) is 24.3 Å². The lowest BCUT2D eigenvalue weighted by Gasteiger charge is -2.18. The van der Waals surface area contributed by atoms with Gasteiger partial charge >= 0.3 is 0 Å². The largest absolute Gasteiger partial charge is 0.327 e. The third-order valence-electron chi connectivity index (χ3n) is 3.01. The van der Waals surface area contributed by atoms with Crippen LogP contribution >= 0.6 is 0 Å². The molecule has 2 aromatic rings. The molecule has 0 aliphatic rings. The highest BCUT2D eigenvalue weighted by Gasteiger charge is 2.33. The van der Waals surface area contributed by atoms with Crippen LogP contribution < -0.4 is 5.14 Å². The van der Waals surface area contributed by atoms with Crippen molar-refractivity contribution < 1.29 is 17.2 Å². The molecule has 21 heavy (non-hydrogen) atoms. The molecule has 2 N–H and O–H groups in total. The van der Waals surface area contributed by atoms with Crippen molar-refractivity contribution >= 4 is 10.0 Å². The van der Waals surface area contributed by atoms with E-state index in [9.17, 15) is 17.2 Å². The fourth-order valence-corrected chi connectivity index (χ4v) is 2.48. The van der Waals surface area contributed by atoms with Crippen LogP contribution in [0, 0.1) is 0 Å².